The molecule has 0 aliphatic heterocycles. The Balaban J connectivity index is 2.35. The van der Waals surface area contributed by atoms with E-state index in [2.05, 4.69) is 4.98 Å². The molecule has 0 fully saturated rings. The first-order valence-electron chi connectivity index (χ1n) is 6.39. The topological polar surface area (TPSA) is 60.9 Å². The molecule has 7 heteroatoms. The van der Waals surface area contributed by atoms with Crippen LogP contribution in [0.3, 0.4) is 0 Å². The molecule has 0 amide bonds. The van der Waals surface area contributed by atoms with Crippen LogP contribution in [0.5, 0.6) is 0 Å². The Kier molecular flexibility index (Phi) is 3.64. The van der Waals surface area contributed by atoms with Crippen LogP contribution in [0.1, 0.15) is 5.56 Å². The first-order valence-corrected chi connectivity index (χ1v) is 6.72. The summed E-state index contributed by atoms with van der Waals surface area (Å²) in [6, 6.07) is 7.12. The van der Waals surface area contributed by atoms with Crippen molar-refractivity contribution in [1.82, 2.24) is 9.07 Å². The molecule has 0 bridgehead atoms. The highest BCUT2D eigenvalue weighted by Gasteiger charge is 2.16. The van der Waals surface area contributed by atoms with Crippen molar-refractivity contribution in [3.05, 3.63) is 64.1 Å². The summed E-state index contributed by atoms with van der Waals surface area (Å²) in [5, 5.41) is 0.441. The Morgan fingerprint density at radius 1 is 1.09 bits per heavy atom. The molecular weight excluding hydrogens is 312 g/mol. The zero-order chi connectivity index (χ0) is 15.9. The van der Waals surface area contributed by atoms with Crippen molar-refractivity contribution in [3.63, 3.8) is 0 Å². The fourth-order valence-corrected chi connectivity index (χ4v) is 2.49. The Bertz CT molecular complexity index is 940. The molecule has 1 aromatic carbocycles. The Morgan fingerprint density at radius 2 is 1.86 bits per heavy atom. The summed E-state index contributed by atoms with van der Waals surface area (Å²) < 4.78 is 29.1. The van der Waals surface area contributed by atoms with Gasteiger partial charge in [0.25, 0.3) is 5.56 Å². The van der Waals surface area contributed by atoms with Gasteiger partial charge < -0.3 is 5.73 Å². The SMILES string of the molecule is NCc1ccc(-c2ccnc3c2ccc(=O)n3Cl)c(F)c1F. The summed E-state index contributed by atoms with van der Waals surface area (Å²) >= 11 is 5.86. The second-order valence-corrected chi connectivity index (χ2v) is 4.99. The summed E-state index contributed by atoms with van der Waals surface area (Å²) in [6.45, 7) is -0.0959. The molecule has 0 spiro atoms. The molecule has 22 heavy (non-hydrogen) atoms. The van der Waals surface area contributed by atoms with Gasteiger partial charge in [0.2, 0.25) is 0 Å². The van der Waals surface area contributed by atoms with Gasteiger partial charge in [-0.25, -0.2) is 13.8 Å². The average Bonchev–Trinajstić information content (AvgIpc) is 2.53. The molecule has 0 aliphatic carbocycles. The van der Waals surface area contributed by atoms with Gasteiger partial charge in [0, 0.05) is 47.1 Å². The second kappa shape index (κ2) is 5.47. The summed E-state index contributed by atoms with van der Waals surface area (Å²) in [5.74, 6) is -1.98. The predicted molar refractivity (Wildman–Crippen MR) is 80.5 cm³/mol. The van der Waals surface area contributed by atoms with E-state index in [-0.39, 0.29) is 23.3 Å². The van der Waals surface area contributed by atoms with Gasteiger partial charge in [-0.2, -0.15) is 4.09 Å². The highest BCUT2D eigenvalue weighted by atomic mass is 35.5. The number of pyridine rings is 2. The standard InChI is InChI=1S/C15H10ClF2N3O/c16-21-12(22)4-3-11-9(5-6-20-15(11)21)10-2-1-8(7-19)13(17)14(10)18/h1-6H,7,19H2. The lowest BCUT2D eigenvalue weighted by atomic mass is 10.0. The molecule has 2 N–H and O–H groups in total. The number of hydrogen-bond donors (Lipinski definition) is 1. The molecule has 0 saturated carbocycles. The van der Waals surface area contributed by atoms with Crippen LogP contribution in [0.25, 0.3) is 22.2 Å². The maximum atomic E-state index is 14.3. The number of nitrogens with two attached hydrogens (primary N) is 1. The van der Waals surface area contributed by atoms with Gasteiger partial charge in [0.1, 0.15) is 0 Å². The number of hydrogen-bond acceptors (Lipinski definition) is 3. The molecule has 3 aromatic rings. The van der Waals surface area contributed by atoms with Gasteiger partial charge in [0.15, 0.2) is 17.3 Å². The van der Waals surface area contributed by atoms with Crippen molar-refractivity contribution in [2.24, 2.45) is 5.73 Å². The summed E-state index contributed by atoms with van der Waals surface area (Å²) in [6.07, 6.45) is 1.38. The Labute approximate surface area is 128 Å². The van der Waals surface area contributed by atoms with E-state index >= 15 is 0 Å². The average molecular weight is 322 g/mol. The number of halogens is 3. The van der Waals surface area contributed by atoms with Crippen molar-refractivity contribution < 1.29 is 8.78 Å². The van der Waals surface area contributed by atoms with Crippen molar-refractivity contribution >= 4 is 22.8 Å². The third-order valence-electron chi connectivity index (χ3n) is 3.41. The molecule has 0 radical (unpaired) electrons. The van der Waals surface area contributed by atoms with Gasteiger partial charge in [-0.1, -0.05) is 12.1 Å². The minimum Gasteiger partial charge on any atom is -0.326 e. The van der Waals surface area contributed by atoms with Crippen molar-refractivity contribution in [1.29, 1.82) is 0 Å². The molecule has 0 aliphatic rings. The molecule has 0 atom stereocenters. The third kappa shape index (κ3) is 2.17. The first kappa shape index (κ1) is 14.6. The van der Waals surface area contributed by atoms with Gasteiger partial charge in [0.05, 0.1) is 0 Å². The summed E-state index contributed by atoms with van der Waals surface area (Å²) in [5.41, 5.74) is 5.62. The molecule has 2 heterocycles. The Morgan fingerprint density at radius 3 is 2.59 bits per heavy atom. The fraction of sp³-hybridized carbons (Fsp3) is 0.0667. The third-order valence-corrected chi connectivity index (χ3v) is 3.74. The zero-order valence-corrected chi connectivity index (χ0v) is 11.9. The maximum Gasteiger partial charge on any atom is 0.266 e. The van der Waals surface area contributed by atoms with Crippen molar-refractivity contribution in [2.75, 3.05) is 0 Å². The van der Waals surface area contributed by atoms with Crippen LogP contribution in [-0.4, -0.2) is 9.07 Å². The van der Waals surface area contributed by atoms with E-state index in [9.17, 15) is 13.6 Å². The molecule has 0 saturated heterocycles. The number of rotatable bonds is 2. The number of nitrogens with zero attached hydrogens (tertiary/aromatic N) is 2. The summed E-state index contributed by atoms with van der Waals surface area (Å²) in [4.78, 5) is 15.5. The Hall–Kier alpha value is -2.31. The molecular formula is C15H10ClF2N3O. The van der Waals surface area contributed by atoms with Gasteiger partial charge in [-0.3, -0.25) is 4.79 Å². The molecule has 3 rings (SSSR count). The van der Waals surface area contributed by atoms with Crippen LogP contribution < -0.4 is 11.3 Å². The normalized spacial score (nSPS) is 11.1. The predicted octanol–water partition coefficient (Wildman–Crippen LogP) is 2.80. The van der Waals surface area contributed by atoms with Crippen molar-refractivity contribution in [3.8, 4) is 11.1 Å². The quantitative estimate of drug-likeness (QED) is 0.789. The van der Waals surface area contributed by atoms with E-state index in [1.54, 1.807) is 0 Å². The number of aromatic nitrogens is 2. The molecule has 0 unspecified atom stereocenters. The first-order chi connectivity index (χ1) is 10.5. The van der Waals surface area contributed by atoms with E-state index in [0.717, 1.165) is 4.09 Å². The lowest BCUT2D eigenvalue weighted by Crippen LogP contribution is -2.12. The lowest BCUT2D eigenvalue weighted by Gasteiger charge is -2.10. The fourth-order valence-electron chi connectivity index (χ4n) is 2.30. The van der Waals surface area contributed by atoms with Crippen LogP contribution >= 0.6 is 11.8 Å². The smallest absolute Gasteiger partial charge is 0.266 e. The number of fused-ring (bicyclic) bond motifs is 1. The minimum atomic E-state index is -0.997. The highest BCUT2D eigenvalue weighted by molar-refractivity contribution is 6.18. The minimum absolute atomic E-state index is 0.0532. The monoisotopic (exact) mass is 321 g/mol. The summed E-state index contributed by atoms with van der Waals surface area (Å²) in [7, 11) is 0. The van der Waals surface area contributed by atoms with Crippen molar-refractivity contribution in [2.45, 2.75) is 6.54 Å². The molecule has 4 nitrogen and oxygen atoms in total. The van der Waals surface area contributed by atoms with Gasteiger partial charge in [-0.15, -0.1) is 0 Å². The van der Waals surface area contributed by atoms with Crippen LogP contribution in [-0.2, 0) is 6.54 Å². The van der Waals surface area contributed by atoms with E-state index < -0.39 is 17.2 Å². The van der Waals surface area contributed by atoms with Gasteiger partial charge in [-0.05, 0) is 17.7 Å². The molecule has 2 aromatic heterocycles. The molecule has 112 valence electrons. The van der Waals surface area contributed by atoms with Crippen LogP contribution in [0.4, 0.5) is 8.78 Å². The highest BCUT2D eigenvalue weighted by Crippen LogP contribution is 2.31. The van der Waals surface area contributed by atoms with E-state index in [4.69, 9.17) is 17.5 Å². The second-order valence-electron chi connectivity index (χ2n) is 4.65. The maximum absolute atomic E-state index is 14.3. The number of benzene rings is 1. The van der Waals surface area contributed by atoms with Crippen LogP contribution in [0.2, 0.25) is 0 Å². The van der Waals surface area contributed by atoms with Crippen LogP contribution in [0, 0.1) is 11.6 Å². The van der Waals surface area contributed by atoms with E-state index in [1.165, 1.54) is 36.5 Å². The largest absolute Gasteiger partial charge is 0.326 e. The lowest BCUT2D eigenvalue weighted by molar-refractivity contribution is 0.502. The van der Waals surface area contributed by atoms with E-state index in [0.29, 0.717) is 10.9 Å². The zero-order valence-electron chi connectivity index (χ0n) is 11.2. The van der Waals surface area contributed by atoms with Gasteiger partial charge >= 0.3 is 0 Å². The van der Waals surface area contributed by atoms with Crippen LogP contribution in [0.15, 0.2) is 41.3 Å². The van der Waals surface area contributed by atoms with E-state index in [1.807, 2.05) is 0 Å².